The number of fused-ring (bicyclic) bond motifs is 1. The van der Waals surface area contributed by atoms with E-state index in [-0.39, 0.29) is 0 Å². The van der Waals surface area contributed by atoms with Crippen molar-refractivity contribution in [3.8, 4) is 17.0 Å². The van der Waals surface area contributed by atoms with Crippen LogP contribution in [0, 0.1) is 0 Å². The molecule has 2 aromatic heterocycles. The van der Waals surface area contributed by atoms with Gasteiger partial charge in [0.05, 0.1) is 6.61 Å². The molecule has 28 heavy (non-hydrogen) atoms. The molecule has 6 nitrogen and oxygen atoms in total. The van der Waals surface area contributed by atoms with Crippen molar-refractivity contribution in [1.82, 2.24) is 15.1 Å². The van der Waals surface area contributed by atoms with E-state index in [1.165, 1.54) is 6.33 Å². The highest BCUT2D eigenvalue weighted by Crippen LogP contribution is 2.36. The molecule has 2 aromatic carbocycles. The van der Waals surface area contributed by atoms with Gasteiger partial charge < -0.3 is 14.2 Å². The molecule has 7 heteroatoms. The van der Waals surface area contributed by atoms with Gasteiger partial charge in [0.25, 0.3) is 5.71 Å². The SMILES string of the molecule is CCOc1ccc(N(CC)c2ncnc3onc(-c4ccc(Cl)cc4)c23)cc1. The van der Waals surface area contributed by atoms with Gasteiger partial charge in [-0.15, -0.1) is 0 Å². The van der Waals surface area contributed by atoms with Crippen LogP contribution in [0.5, 0.6) is 5.75 Å². The Balaban J connectivity index is 1.82. The van der Waals surface area contributed by atoms with E-state index in [0.717, 1.165) is 28.2 Å². The zero-order valence-corrected chi connectivity index (χ0v) is 16.3. The fraction of sp³-hybridized carbons (Fsp3) is 0.190. The van der Waals surface area contributed by atoms with Crippen molar-refractivity contribution in [1.29, 1.82) is 0 Å². The summed E-state index contributed by atoms with van der Waals surface area (Å²) in [6.07, 6.45) is 1.49. The number of halogens is 1. The van der Waals surface area contributed by atoms with E-state index in [9.17, 15) is 0 Å². The normalized spacial score (nSPS) is 11.0. The fourth-order valence-electron chi connectivity index (χ4n) is 3.12. The van der Waals surface area contributed by atoms with Crippen LogP contribution in [-0.4, -0.2) is 28.3 Å². The molecule has 0 atom stereocenters. The minimum Gasteiger partial charge on any atom is -0.494 e. The first kappa shape index (κ1) is 18.3. The lowest BCUT2D eigenvalue weighted by Crippen LogP contribution is -2.17. The molecule has 0 N–H and O–H groups in total. The van der Waals surface area contributed by atoms with E-state index in [1.807, 2.05) is 55.5 Å². The van der Waals surface area contributed by atoms with E-state index >= 15 is 0 Å². The van der Waals surface area contributed by atoms with Gasteiger partial charge in [0.1, 0.15) is 29.0 Å². The van der Waals surface area contributed by atoms with Crippen LogP contribution in [0.2, 0.25) is 5.02 Å². The Kier molecular flexibility index (Phi) is 5.12. The number of hydrogen-bond acceptors (Lipinski definition) is 6. The first-order valence-corrected chi connectivity index (χ1v) is 9.45. The molecule has 4 aromatic rings. The third kappa shape index (κ3) is 3.39. The number of rotatable bonds is 6. The Morgan fingerprint density at radius 3 is 2.43 bits per heavy atom. The maximum Gasteiger partial charge on any atom is 0.263 e. The second kappa shape index (κ2) is 7.86. The highest BCUT2D eigenvalue weighted by Gasteiger charge is 2.21. The van der Waals surface area contributed by atoms with Gasteiger partial charge in [0, 0.05) is 22.8 Å². The second-order valence-corrected chi connectivity index (χ2v) is 6.52. The maximum atomic E-state index is 6.02. The van der Waals surface area contributed by atoms with Gasteiger partial charge in [-0.05, 0) is 50.2 Å². The summed E-state index contributed by atoms with van der Waals surface area (Å²) >= 11 is 6.02. The Hall–Kier alpha value is -3.12. The Bertz CT molecular complexity index is 1080. The van der Waals surface area contributed by atoms with Gasteiger partial charge >= 0.3 is 0 Å². The first-order chi connectivity index (χ1) is 13.7. The highest BCUT2D eigenvalue weighted by molar-refractivity contribution is 6.30. The molecule has 4 rings (SSSR count). The van der Waals surface area contributed by atoms with Gasteiger partial charge in [0.2, 0.25) is 0 Å². The lowest BCUT2D eigenvalue weighted by molar-refractivity contribution is 0.340. The molecule has 0 bridgehead atoms. The van der Waals surface area contributed by atoms with Crippen LogP contribution in [0.25, 0.3) is 22.4 Å². The van der Waals surface area contributed by atoms with Crippen molar-refractivity contribution >= 4 is 34.2 Å². The summed E-state index contributed by atoms with van der Waals surface area (Å²) in [5.74, 6) is 1.57. The summed E-state index contributed by atoms with van der Waals surface area (Å²) in [5, 5.41) is 5.67. The molecule has 0 fully saturated rings. The lowest BCUT2D eigenvalue weighted by Gasteiger charge is -2.22. The number of nitrogens with zero attached hydrogens (tertiary/aromatic N) is 4. The Morgan fingerprint density at radius 1 is 1.00 bits per heavy atom. The highest BCUT2D eigenvalue weighted by atomic mass is 35.5. The summed E-state index contributed by atoms with van der Waals surface area (Å²) in [6.45, 7) is 5.38. The summed E-state index contributed by atoms with van der Waals surface area (Å²) in [5.41, 5.74) is 3.02. The predicted molar refractivity (Wildman–Crippen MR) is 110 cm³/mol. The molecule has 0 aliphatic heterocycles. The van der Waals surface area contributed by atoms with Crippen molar-refractivity contribution in [3.63, 3.8) is 0 Å². The Labute approximate surface area is 167 Å². The van der Waals surface area contributed by atoms with Crippen molar-refractivity contribution in [3.05, 3.63) is 59.9 Å². The predicted octanol–water partition coefficient (Wildman–Crippen LogP) is 5.49. The number of hydrogen-bond donors (Lipinski definition) is 0. The fourth-order valence-corrected chi connectivity index (χ4v) is 3.25. The zero-order chi connectivity index (χ0) is 19.5. The molecule has 2 heterocycles. The largest absolute Gasteiger partial charge is 0.494 e. The molecular formula is C21H19ClN4O2. The quantitative estimate of drug-likeness (QED) is 0.430. The van der Waals surface area contributed by atoms with Crippen molar-refractivity contribution in [2.75, 3.05) is 18.1 Å². The topological polar surface area (TPSA) is 64.3 Å². The van der Waals surface area contributed by atoms with Gasteiger partial charge in [-0.1, -0.05) is 28.9 Å². The van der Waals surface area contributed by atoms with Gasteiger partial charge in [-0.25, -0.2) is 4.98 Å². The van der Waals surface area contributed by atoms with Crippen LogP contribution in [0.3, 0.4) is 0 Å². The third-order valence-electron chi connectivity index (χ3n) is 4.40. The average Bonchev–Trinajstić information content (AvgIpc) is 3.16. The van der Waals surface area contributed by atoms with Crippen LogP contribution >= 0.6 is 11.6 Å². The maximum absolute atomic E-state index is 6.02. The smallest absolute Gasteiger partial charge is 0.263 e. The third-order valence-corrected chi connectivity index (χ3v) is 4.65. The first-order valence-electron chi connectivity index (χ1n) is 9.08. The molecular weight excluding hydrogens is 376 g/mol. The van der Waals surface area contributed by atoms with Crippen molar-refractivity contribution in [2.45, 2.75) is 13.8 Å². The van der Waals surface area contributed by atoms with Crippen LogP contribution in [0.4, 0.5) is 11.5 Å². The van der Waals surface area contributed by atoms with Gasteiger partial charge in [0.15, 0.2) is 0 Å². The van der Waals surface area contributed by atoms with E-state index in [1.54, 1.807) is 0 Å². The monoisotopic (exact) mass is 394 g/mol. The molecule has 142 valence electrons. The summed E-state index contributed by atoms with van der Waals surface area (Å²) < 4.78 is 11.0. The molecule has 0 radical (unpaired) electrons. The second-order valence-electron chi connectivity index (χ2n) is 6.09. The minimum absolute atomic E-state index is 0.444. The van der Waals surface area contributed by atoms with E-state index < -0.39 is 0 Å². The minimum atomic E-state index is 0.444. The van der Waals surface area contributed by atoms with E-state index in [2.05, 4.69) is 26.9 Å². The summed E-state index contributed by atoms with van der Waals surface area (Å²) in [6, 6.07) is 15.4. The van der Waals surface area contributed by atoms with Crippen molar-refractivity contribution < 1.29 is 9.26 Å². The van der Waals surface area contributed by atoms with Gasteiger partial charge in [-0.2, -0.15) is 4.98 Å². The number of ether oxygens (including phenoxy) is 1. The van der Waals surface area contributed by atoms with Gasteiger partial charge in [-0.3, -0.25) is 0 Å². The van der Waals surface area contributed by atoms with E-state index in [0.29, 0.717) is 29.6 Å². The number of benzene rings is 2. The molecule has 0 unspecified atom stereocenters. The van der Waals surface area contributed by atoms with Crippen LogP contribution in [0.15, 0.2) is 59.4 Å². The van der Waals surface area contributed by atoms with Crippen LogP contribution < -0.4 is 9.64 Å². The summed E-state index contributed by atoms with van der Waals surface area (Å²) in [4.78, 5) is 10.9. The van der Waals surface area contributed by atoms with Crippen molar-refractivity contribution in [2.24, 2.45) is 0 Å². The molecule has 0 saturated carbocycles. The molecule has 0 amide bonds. The molecule has 0 aliphatic rings. The average molecular weight is 395 g/mol. The Morgan fingerprint density at radius 2 is 1.75 bits per heavy atom. The standard InChI is InChI=1S/C21H19ClN4O2/c1-3-26(16-9-11-17(12-10-16)27-4-2)20-18-19(14-5-7-15(22)8-6-14)25-28-21(18)24-13-23-20/h5-13H,3-4H2,1-2H3. The summed E-state index contributed by atoms with van der Waals surface area (Å²) in [7, 11) is 0. The molecule has 0 aliphatic carbocycles. The van der Waals surface area contributed by atoms with E-state index in [4.69, 9.17) is 20.9 Å². The molecule has 0 spiro atoms. The lowest BCUT2D eigenvalue weighted by atomic mass is 10.1. The molecule has 0 saturated heterocycles. The number of anilines is 2. The van der Waals surface area contributed by atoms with Crippen LogP contribution in [-0.2, 0) is 0 Å². The van der Waals surface area contributed by atoms with Crippen LogP contribution in [0.1, 0.15) is 13.8 Å². The number of aromatic nitrogens is 3. The zero-order valence-electron chi connectivity index (χ0n) is 15.6.